The lowest BCUT2D eigenvalue weighted by Gasteiger charge is -2.12. The van der Waals surface area contributed by atoms with Gasteiger partial charge in [-0.25, -0.2) is 13.1 Å². The standard InChI is InChI=1S/C12H13BrN2O3S2/c1-18-11-4-9(13)10(14)5-12(11)20(16,17)15-6-8-2-3-19-7-8/h2-5,7,15H,6,14H2,1H3. The minimum atomic E-state index is -3.69. The Labute approximate surface area is 129 Å². The van der Waals surface area contributed by atoms with Crippen LogP contribution in [0.4, 0.5) is 5.69 Å². The van der Waals surface area contributed by atoms with Crippen LogP contribution >= 0.6 is 27.3 Å². The number of hydrogen-bond acceptors (Lipinski definition) is 5. The van der Waals surface area contributed by atoms with Crippen molar-refractivity contribution in [2.45, 2.75) is 11.4 Å². The molecule has 0 aliphatic heterocycles. The summed E-state index contributed by atoms with van der Waals surface area (Å²) in [5.41, 5.74) is 6.98. The number of nitrogens with two attached hydrogens (primary N) is 1. The van der Waals surface area contributed by atoms with E-state index >= 15 is 0 Å². The van der Waals surface area contributed by atoms with Crippen LogP contribution in [0.3, 0.4) is 0 Å². The topological polar surface area (TPSA) is 81.4 Å². The molecule has 0 spiro atoms. The van der Waals surface area contributed by atoms with Gasteiger partial charge >= 0.3 is 0 Å². The van der Waals surface area contributed by atoms with Crippen LogP contribution in [-0.2, 0) is 16.6 Å². The number of sulfonamides is 1. The predicted molar refractivity (Wildman–Crippen MR) is 83.5 cm³/mol. The summed E-state index contributed by atoms with van der Waals surface area (Å²) in [5.74, 6) is 0.240. The second kappa shape index (κ2) is 6.13. The highest BCUT2D eigenvalue weighted by molar-refractivity contribution is 9.10. The third-order valence-electron chi connectivity index (χ3n) is 2.62. The van der Waals surface area contributed by atoms with Crippen molar-refractivity contribution in [3.8, 4) is 5.75 Å². The van der Waals surface area contributed by atoms with E-state index in [0.29, 0.717) is 10.2 Å². The molecule has 0 fully saturated rings. The molecule has 108 valence electrons. The summed E-state index contributed by atoms with van der Waals surface area (Å²) in [6.45, 7) is 0.227. The molecule has 1 aromatic carbocycles. The molecule has 0 radical (unpaired) electrons. The molecule has 2 aromatic rings. The van der Waals surface area contributed by atoms with Crippen molar-refractivity contribution in [3.05, 3.63) is 39.0 Å². The average Bonchev–Trinajstić information content (AvgIpc) is 2.92. The van der Waals surface area contributed by atoms with Crippen molar-refractivity contribution in [2.75, 3.05) is 12.8 Å². The first-order chi connectivity index (χ1) is 9.44. The number of rotatable bonds is 5. The van der Waals surface area contributed by atoms with E-state index in [1.165, 1.54) is 30.6 Å². The first-order valence-corrected chi connectivity index (χ1v) is 8.79. The summed E-state index contributed by atoms with van der Waals surface area (Å²) in [7, 11) is -2.28. The van der Waals surface area contributed by atoms with E-state index in [2.05, 4.69) is 20.7 Å². The molecule has 0 atom stereocenters. The van der Waals surface area contributed by atoms with Gasteiger partial charge in [-0.2, -0.15) is 11.3 Å². The first kappa shape index (κ1) is 15.3. The van der Waals surface area contributed by atoms with E-state index in [-0.39, 0.29) is 17.2 Å². The van der Waals surface area contributed by atoms with E-state index in [4.69, 9.17) is 10.5 Å². The van der Waals surface area contributed by atoms with E-state index in [1.807, 2.05) is 16.8 Å². The SMILES string of the molecule is COc1cc(Br)c(N)cc1S(=O)(=O)NCc1ccsc1. The van der Waals surface area contributed by atoms with Crippen molar-refractivity contribution in [1.29, 1.82) is 0 Å². The van der Waals surface area contributed by atoms with Gasteiger partial charge in [-0.3, -0.25) is 0 Å². The van der Waals surface area contributed by atoms with Gasteiger partial charge in [0.2, 0.25) is 10.0 Å². The van der Waals surface area contributed by atoms with Gasteiger partial charge in [-0.1, -0.05) is 0 Å². The Kier molecular flexibility index (Phi) is 4.69. The van der Waals surface area contributed by atoms with Crippen molar-refractivity contribution >= 4 is 43.0 Å². The maximum Gasteiger partial charge on any atom is 0.244 e. The maximum atomic E-state index is 12.3. The van der Waals surface area contributed by atoms with Gasteiger partial charge < -0.3 is 10.5 Å². The number of thiophene rings is 1. The maximum absolute atomic E-state index is 12.3. The van der Waals surface area contributed by atoms with Gasteiger partial charge in [0.15, 0.2) is 0 Å². The zero-order valence-corrected chi connectivity index (χ0v) is 13.8. The fraction of sp³-hybridized carbons (Fsp3) is 0.167. The summed E-state index contributed by atoms with van der Waals surface area (Å²) in [6.07, 6.45) is 0. The molecule has 1 aromatic heterocycles. The zero-order chi connectivity index (χ0) is 14.8. The molecule has 1 heterocycles. The number of benzene rings is 1. The van der Waals surface area contributed by atoms with Crippen LogP contribution < -0.4 is 15.2 Å². The number of ether oxygens (including phenoxy) is 1. The van der Waals surface area contributed by atoms with Crippen LogP contribution in [0.2, 0.25) is 0 Å². The molecule has 0 amide bonds. The van der Waals surface area contributed by atoms with Crippen LogP contribution in [0.1, 0.15) is 5.56 Å². The van der Waals surface area contributed by atoms with Crippen molar-refractivity contribution < 1.29 is 13.2 Å². The largest absolute Gasteiger partial charge is 0.495 e. The second-order valence-corrected chi connectivity index (χ2v) is 7.35. The number of nitrogen functional groups attached to an aromatic ring is 1. The highest BCUT2D eigenvalue weighted by atomic mass is 79.9. The van der Waals surface area contributed by atoms with Gasteiger partial charge in [0.25, 0.3) is 0 Å². The molecule has 3 N–H and O–H groups in total. The zero-order valence-electron chi connectivity index (χ0n) is 10.6. The van der Waals surface area contributed by atoms with E-state index in [1.54, 1.807) is 0 Å². The number of anilines is 1. The quantitative estimate of drug-likeness (QED) is 0.785. The fourth-order valence-electron chi connectivity index (χ4n) is 1.57. The molecule has 0 saturated heterocycles. The Bertz CT molecular complexity index is 700. The normalized spacial score (nSPS) is 11.5. The molecule has 0 saturated carbocycles. The van der Waals surface area contributed by atoms with Gasteiger partial charge in [-0.05, 0) is 50.5 Å². The van der Waals surface area contributed by atoms with Gasteiger partial charge in [0.1, 0.15) is 10.6 Å². The Balaban J connectivity index is 2.31. The Morgan fingerprint density at radius 2 is 2.20 bits per heavy atom. The highest BCUT2D eigenvalue weighted by Gasteiger charge is 2.21. The Hall–Kier alpha value is -1.09. The predicted octanol–water partition coefficient (Wildman–Crippen LogP) is 2.58. The molecule has 0 aliphatic rings. The first-order valence-electron chi connectivity index (χ1n) is 5.58. The highest BCUT2D eigenvalue weighted by Crippen LogP contribution is 2.32. The smallest absolute Gasteiger partial charge is 0.244 e. The van der Waals surface area contributed by atoms with E-state index < -0.39 is 10.0 Å². The fourth-order valence-corrected chi connectivity index (χ4v) is 3.76. The minimum Gasteiger partial charge on any atom is -0.495 e. The number of nitrogens with one attached hydrogen (secondary N) is 1. The van der Waals surface area contributed by atoms with Crippen molar-refractivity contribution in [2.24, 2.45) is 0 Å². The van der Waals surface area contributed by atoms with Crippen LogP contribution in [0.5, 0.6) is 5.75 Å². The summed E-state index contributed by atoms with van der Waals surface area (Å²) in [6, 6.07) is 4.77. The molecular formula is C12H13BrN2O3S2. The molecule has 0 unspecified atom stereocenters. The number of methoxy groups -OCH3 is 1. The van der Waals surface area contributed by atoms with Gasteiger partial charge in [-0.15, -0.1) is 0 Å². The summed E-state index contributed by atoms with van der Waals surface area (Å²) >= 11 is 4.75. The van der Waals surface area contributed by atoms with Gasteiger partial charge in [0, 0.05) is 16.7 Å². The van der Waals surface area contributed by atoms with Crippen LogP contribution in [0.25, 0.3) is 0 Å². The Morgan fingerprint density at radius 1 is 1.45 bits per heavy atom. The summed E-state index contributed by atoms with van der Waals surface area (Å²) < 4.78 is 32.8. The number of halogens is 1. The molecule has 0 aliphatic carbocycles. The van der Waals surface area contributed by atoms with Crippen LogP contribution in [-0.4, -0.2) is 15.5 Å². The van der Waals surface area contributed by atoms with Crippen molar-refractivity contribution in [3.63, 3.8) is 0 Å². The molecule has 5 nitrogen and oxygen atoms in total. The third-order valence-corrected chi connectivity index (χ3v) is 5.46. The molecule has 8 heteroatoms. The number of hydrogen-bond donors (Lipinski definition) is 2. The van der Waals surface area contributed by atoms with E-state index in [9.17, 15) is 8.42 Å². The summed E-state index contributed by atoms with van der Waals surface area (Å²) in [5, 5.41) is 3.78. The minimum absolute atomic E-state index is 0.0240. The Morgan fingerprint density at radius 3 is 2.80 bits per heavy atom. The molecular weight excluding hydrogens is 364 g/mol. The summed E-state index contributed by atoms with van der Waals surface area (Å²) in [4.78, 5) is 0.0240. The van der Waals surface area contributed by atoms with E-state index in [0.717, 1.165) is 5.56 Å². The van der Waals surface area contributed by atoms with Gasteiger partial charge in [0.05, 0.1) is 7.11 Å². The van der Waals surface area contributed by atoms with Crippen molar-refractivity contribution in [1.82, 2.24) is 4.72 Å². The molecule has 0 bridgehead atoms. The van der Waals surface area contributed by atoms with Crippen LogP contribution in [0.15, 0.2) is 38.3 Å². The lowest BCUT2D eigenvalue weighted by atomic mass is 10.3. The second-order valence-electron chi connectivity index (χ2n) is 3.98. The molecule has 2 rings (SSSR count). The lowest BCUT2D eigenvalue weighted by molar-refractivity contribution is 0.402. The third kappa shape index (κ3) is 3.32. The molecule has 20 heavy (non-hydrogen) atoms. The van der Waals surface area contributed by atoms with Crippen LogP contribution in [0, 0.1) is 0 Å². The monoisotopic (exact) mass is 376 g/mol. The average molecular weight is 377 g/mol. The lowest BCUT2D eigenvalue weighted by Crippen LogP contribution is -2.23.